The van der Waals surface area contributed by atoms with E-state index in [1.807, 2.05) is 48.7 Å². The zero-order chi connectivity index (χ0) is 19.3. The molecule has 1 aliphatic rings. The number of nitrogens with two attached hydrogens (primary N) is 1. The molecule has 3 N–H and O–H groups in total. The van der Waals surface area contributed by atoms with E-state index in [9.17, 15) is 0 Å². The van der Waals surface area contributed by atoms with Gasteiger partial charge in [0.2, 0.25) is 0 Å². The van der Waals surface area contributed by atoms with Crippen molar-refractivity contribution >= 4 is 23.1 Å². The summed E-state index contributed by atoms with van der Waals surface area (Å²) < 4.78 is 5.43. The van der Waals surface area contributed by atoms with Crippen molar-refractivity contribution in [2.75, 3.05) is 7.11 Å². The minimum absolute atomic E-state index is 0.392. The molecule has 1 aromatic carbocycles. The van der Waals surface area contributed by atoms with Gasteiger partial charge in [0.25, 0.3) is 0 Å². The molecule has 0 spiro atoms. The van der Waals surface area contributed by atoms with Gasteiger partial charge in [0.1, 0.15) is 5.75 Å². The van der Waals surface area contributed by atoms with Gasteiger partial charge in [-0.15, -0.1) is 0 Å². The van der Waals surface area contributed by atoms with Crippen LogP contribution in [-0.4, -0.2) is 28.1 Å². The molecule has 0 amide bonds. The number of hydrogen-bond acceptors (Lipinski definition) is 6. The van der Waals surface area contributed by atoms with Crippen LogP contribution in [0.1, 0.15) is 48.7 Å². The first-order chi connectivity index (χ1) is 13.8. The molecule has 2 heterocycles. The van der Waals surface area contributed by atoms with Gasteiger partial charge in [-0.1, -0.05) is 6.07 Å². The van der Waals surface area contributed by atoms with Gasteiger partial charge >= 0.3 is 0 Å². The normalized spacial score (nSPS) is 19.9. The number of nitrogens with zero attached hydrogens (tertiary/aromatic N) is 3. The summed E-state index contributed by atoms with van der Waals surface area (Å²) in [7, 11) is 1.69. The molecule has 2 aromatic heterocycles. The highest BCUT2D eigenvalue weighted by Gasteiger charge is 2.25. The van der Waals surface area contributed by atoms with E-state index >= 15 is 0 Å². The number of pyridine rings is 1. The number of nitrogens with one attached hydrogen (secondary N) is 1. The van der Waals surface area contributed by atoms with Gasteiger partial charge < -0.3 is 4.74 Å². The van der Waals surface area contributed by atoms with Gasteiger partial charge in [0.15, 0.2) is 5.82 Å². The van der Waals surface area contributed by atoms with Crippen LogP contribution in [0.3, 0.4) is 0 Å². The Morgan fingerprint density at radius 1 is 1.11 bits per heavy atom. The molecule has 0 aliphatic heterocycles. The first-order valence-electron chi connectivity index (χ1n) is 9.66. The van der Waals surface area contributed by atoms with E-state index in [2.05, 4.69) is 10.4 Å². The predicted molar refractivity (Wildman–Crippen MR) is 112 cm³/mol. The molecule has 4 rings (SSSR count). The summed E-state index contributed by atoms with van der Waals surface area (Å²) in [4.78, 5) is 13.8. The van der Waals surface area contributed by atoms with Crippen molar-refractivity contribution in [1.82, 2.24) is 20.4 Å². The number of hydrazine groups is 1. The highest BCUT2D eigenvalue weighted by atomic mass is 16.5. The molecule has 144 valence electrons. The topological polar surface area (TPSA) is 86.0 Å². The SMILES string of the molecule is COc1ccc2nc(C=Cc3cccnc3)nc(C3CCC(NN)CC3)c2c1. The van der Waals surface area contributed by atoms with E-state index in [1.54, 1.807) is 13.3 Å². The Morgan fingerprint density at radius 2 is 1.96 bits per heavy atom. The van der Waals surface area contributed by atoms with Gasteiger partial charge in [0, 0.05) is 29.7 Å². The van der Waals surface area contributed by atoms with E-state index in [1.165, 1.54) is 0 Å². The van der Waals surface area contributed by atoms with Crippen molar-refractivity contribution in [3.63, 3.8) is 0 Å². The van der Waals surface area contributed by atoms with Crippen molar-refractivity contribution in [2.45, 2.75) is 37.6 Å². The van der Waals surface area contributed by atoms with E-state index < -0.39 is 0 Å². The molecule has 1 aliphatic carbocycles. The average molecular weight is 375 g/mol. The van der Waals surface area contributed by atoms with Crippen LogP contribution < -0.4 is 16.0 Å². The van der Waals surface area contributed by atoms with Gasteiger partial charge in [-0.25, -0.2) is 9.97 Å². The number of rotatable bonds is 5. The van der Waals surface area contributed by atoms with Crippen LogP contribution in [0.4, 0.5) is 0 Å². The lowest BCUT2D eigenvalue weighted by Gasteiger charge is -2.28. The summed E-state index contributed by atoms with van der Waals surface area (Å²) in [6.45, 7) is 0. The van der Waals surface area contributed by atoms with Gasteiger partial charge in [-0.3, -0.25) is 16.3 Å². The predicted octanol–water partition coefficient (Wildman–Crippen LogP) is 3.69. The molecule has 3 aromatic rings. The van der Waals surface area contributed by atoms with E-state index in [-0.39, 0.29) is 0 Å². The number of benzene rings is 1. The fourth-order valence-corrected chi connectivity index (χ4v) is 3.84. The van der Waals surface area contributed by atoms with Crippen LogP contribution >= 0.6 is 0 Å². The molecular formula is C22H25N5O. The molecule has 1 fully saturated rings. The minimum atomic E-state index is 0.392. The second kappa shape index (κ2) is 8.46. The molecule has 28 heavy (non-hydrogen) atoms. The summed E-state index contributed by atoms with van der Waals surface area (Å²) in [5, 5.41) is 1.07. The second-order valence-electron chi connectivity index (χ2n) is 7.19. The molecule has 1 saturated carbocycles. The lowest BCUT2D eigenvalue weighted by molar-refractivity contribution is 0.344. The minimum Gasteiger partial charge on any atom is -0.497 e. The maximum atomic E-state index is 5.63. The standard InChI is InChI=1S/C22H25N5O/c1-28-18-9-10-20-19(13-18)22(16-5-7-17(27-23)8-6-16)26-21(25-20)11-4-15-3-2-12-24-14-15/h2-4,9-14,16-17,27H,5-8,23H2,1H3. The highest BCUT2D eigenvalue weighted by Crippen LogP contribution is 2.36. The molecule has 6 nitrogen and oxygen atoms in total. The summed E-state index contributed by atoms with van der Waals surface area (Å²) in [6.07, 6.45) is 11.8. The van der Waals surface area contributed by atoms with Crippen molar-refractivity contribution < 1.29 is 4.74 Å². The van der Waals surface area contributed by atoms with Crippen LogP contribution in [0.2, 0.25) is 0 Å². The summed E-state index contributed by atoms with van der Waals surface area (Å²) in [5.41, 5.74) is 5.98. The third-order valence-corrected chi connectivity index (χ3v) is 5.41. The van der Waals surface area contributed by atoms with Crippen molar-refractivity contribution in [3.05, 3.63) is 59.8 Å². The van der Waals surface area contributed by atoms with Crippen LogP contribution in [0.5, 0.6) is 5.75 Å². The number of hydrogen-bond donors (Lipinski definition) is 2. The number of methoxy groups -OCH3 is 1. The summed E-state index contributed by atoms with van der Waals surface area (Å²) in [6, 6.07) is 10.3. The van der Waals surface area contributed by atoms with Crippen LogP contribution in [0, 0.1) is 0 Å². The first-order valence-corrected chi connectivity index (χ1v) is 9.66. The number of ether oxygens (including phenoxy) is 1. The van der Waals surface area contributed by atoms with Crippen LogP contribution in [0.15, 0.2) is 42.7 Å². The Balaban J connectivity index is 1.73. The largest absolute Gasteiger partial charge is 0.497 e. The third kappa shape index (κ3) is 4.03. The van der Waals surface area contributed by atoms with Gasteiger partial charge in [0.05, 0.1) is 18.3 Å². The molecule has 6 heteroatoms. The Labute approximate surface area is 164 Å². The highest BCUT2D eigenvalue weighted by molar-refractivity contribution is 5.84. The fraction of sp³-hybridized carbons (Fsp3) is 0.318. The Bertz CT molecular complexity index is 965. The molecule has 0 unspecified atom stereocenters. The van der Waals surface area contributed by atoms with Crippen molar-refractivity contribution in [3.8, 4) is 5.75 Å². The maximum absolute atomic E-state index is 5.63. The Morgan fingerprint density at radius 3 is 2.68 bits per heavy atom. The fourth-order valence-electron chi connectivity index (χ4n) is 3.84. The Hall–Kier alpha value is -2.83. The molecule has 0 bridgehead atoms. The lowest BCUT2D eigenvalue weighted by Crippen LogP contribution is -2.37. The quantitative estimate of drug-likeness (QED) is 0.522. The molecule has 0 radical (unpaired) electrons. The van der Waals surface area contributed by atoms with Gasteiger partial charge in [-0.2, -0.15) is 0 Å². The second-order valence-corrected chi connectivity index (χ2v) is 7.19. The van der Waals surface area contributed by atoms with Crippen molar-refractivity contribution in [2.24, 2.45) is 5.84 Å². The average Bonchev–Trinajstić information content (AvgIpc) is 2.77. The number of fused-ring (bicyclic) bond motifs is 1. The monoisotopic (exact) mass is 375 g/mol. The smallest absolute Gasteiger partial charge is 0.152 e. The van der Waals surface area contributed by atoms with E-state index in [0.29, 0.717) is 12.0 Å². The van der Waals surface area contributed by atoms with Crippen LogP contribution in [-0.2, 0) is 0 Å². The molecule has 0 atom stereocenters. The first kappa shape index (κ1) is 18.5. The lowest BCUT2D eigenvalue weighted by atomic mass is 9.83. The summed E-state index contributed by atoms with van der Waals surface area (Å²) >= 11 is 0. The third-order valence-electron chi connectivity index (χ3n) is 5.41. The van der Waals surface area contributed by atoms with Crippen LogP contribution in [0.25, 0.3) is 23.1 Å². The van der Waals surface area contributed by atoms with Gasteiger partial charge in [-0.05, 0) is 67.7 Å². The van der Waals surface area contributed by atoms with E-state index in [0.717, 1.165) is 59.4 Å². The van der Waals surface area contributed by atoms with E-state index in [4.69, 9.17) is 20.5 Å². The zero-order valence-corrected chi connectivity index (χ0v) is 16.0. The molecular weight excluding hydrogens is 350 g/mol. The zero-order valence-electron chi connectivity index (χ0n) is 16.0. The Kier molecular flexibility index (Phi) is 5.60. The maximum Gasteiger partial charge on any atom is 0.152 e. The summed E-state index contributed by atoms with van der Waals surface area (Å²) in [5.74, 6) is 7.57. The molecule has 0 saturated heterocycles. The van der Waals surface area contributed by atoms with Crippen molar-refractivity contribution in [1.29, 1.82) is 0 Å². The number of aromatic nitrogens is 3.